The Hall–Kier alpha value is -8.64. The quantitative estimate of drug-likeness (QED) is 0.172. The zero-order chi connectivity index (χ0) is 46.2. The fraction of sp³-hybridized carbons (Fsp3) is 0.0462. The van der Waals surface area contributed by atoms with Gasteiger partial charge in [0, 0.05) is 43.1 Å². The van der Waals surface area contributed by atoms with Gasteiger partial charge >= 0.3 is 0 Å². The van der Waals surface area contributed by atoms with E-state index in [-0.39, 0.29) is 5.41 Å². The molecule has 1 aliphatic rings. The topological polar surface area (TPSA) is 35.6 Å². The van der Waals surface area contributed by atoms with Crippen LogP contribution in [0.3, 0.4) is 0 Å². The second-order valence-electron chi connectivity index (χ2n) is 19.3. The van der Waals surface area contributed by atoms with Crippen LogP contribution < -0.4 is 0 Å². The number of fused-ring (bicyclic) bond motifs is 14. The van der Waals surface area contributed by atoms with Crippen molar-refractivity contribution in [1.29, 1.82) is 0 Å². The highest BCUT2D eigenvalue weighted by Gasteiger charge is 2.35. The molecule has 0 saturated heterocycles. The zero-order valence-electron chi connectivity index (χ0n) is 38.5. The van der Waals surface area contributed by atoms with Gasteiger partial charge in [0.05, 0.1) is 38.0 Å². The molecule has 4 nitrogen and oxygen atoms in total. The number of para-hydroxylation sites is 1. The van der Waals surface area contributed by atoms with E-state index in [9.17, 15) is 0 Å². The van der Waals surface area contributed by atoms with Crippen LogP contribution in [0.25, 0.3) is 131 Å². The number of nitrogens with zero attached hydrogens (tertiary/aromatic N) is 4. The number of hydrogen-bond donors (Lipinski definition) is 0. The molecule has 0 saturated carbocycles. The van der Waals surface area contributed by atoms with Crippen LogP contribution in [0.4, 0.5) is 0 Å². The molecular weight excluding hydrogens is 869 g/mol. The highest BCUT2D eigenvalue weighted by atomic mass is 32.1. The minimum atomic E-state index is -0.152. The third kappa shape index (κ3) is 5.58. The third-order valence-electron chi connectivity index (χ3n) is 15.1. The van der Waals surface area contributed by atoms with Crippen molar-refractivity contribution >= 4 is 86.7 Å². The Morgan fingerprint density at radius 2 is 1.03 bits per heavy atom. The van der Waals surface area contributed by atoms with Crippen LogP contribution in [-0.4, -0.2) is 19.1 Å². The molecule has 0 fully saturated rings. The molecule has 4 aromatic heterocycles. The molecule has 0 N–H and O–H groups in total. The number of aromatic nitrogens is 4. The van der Waals surface area contributed by atoms with Crippen molar-refractivity contribution in [2.24, 2.45) is 0 Å². The van der Waals surface area contributed by atoms with Gasteiger partial charge in [-0.1, -0.05) is 178 Å². The van der Waals surface area contributed by atoms with Crippen LogP contribution in [0.2, 0.25) is 0 Å². The molecule has 70 heavy (non-hydrogen) atoms. The van der Waals surface area contributed by atoms with Gasteiger partial charge in [-0.3, -0.25) is 4.57 Å². The molecule has 10 aromatic carbocycles. The maximum atomic E-state index is 5.70. The monoisotopic (exact) mass is 910 g/mol. The number of hydrogen-bond acceptors (Lipinski definition) is 3. The van der Waals surface area contributed by atoms with Crippen LogP contribution in [-0.2, 0) is 5.41 Å². The lowest BCUT2D eigenvalue weighted by molar-refractivity contribution is 0.660. The van der Waals surface area contributed by atoms with E-state index in [0.29, 0.717) is 5.95 Å². The molecule has 0 unspecified atom stereocenters. The van der Waals surface area contributed by atoms with Crippen LogP contribution in [0.1, 0.15) is 25.0 Å². The second kappa shape index (κ2) is 14.7. The summed E-state index contributed by atoms with van der Waals surface area (Å²) in [6.07, 6.45) is 0. The van der Waals surface area contributed by atoms with Crippen molar-refractivity contribution in [2.75, 3.05) is 0 Å². The van der Waals surface area contributed by atoms with E-state index in [1.165, 1.54) is 87.0 Å². The Balaban J connectivity index is 1.00. The van der Waals surface area contributed by atoms with Crippen molar-refractivity contribution in [3.8, 4) is 55.6 Å². The van der Waals surface area contributed by atoms with Gasteiger partial charge in [0.1, 0.15) is 0 Å². The van der Waals surface area contributed by atoms with Gasteiger partial charge in [-0.15, -0.1) is 11.3 Å². The molecule has 0 atom stereocenters. The minimum absolute atomic E-state index is 0.152. The summed E-state index contributed by atoms with van der Waals surface area (Å²) in [6.45, 7) is 4.70. The zero-order valence-corrected chi connectivity index (χ0v) is 39.3. The molecule has 328 valence electrons. The van der Waals surface area contributed by atoms with Crippen LogP contribution >= 0.6 is 11.3 Å². The van der Waals surface area contributed by atoms with Gasteiger partial charge in [0.25, 0.3) is 0 Å². The van der Waals surface area contributed by atoms with E-state index in [1.54, 1.807) is 11.3 Å². The summed E-state index contributed by atoms with van der Waals surface area (Å²) in [4.78, 5) is 12.4. The molecule has 0 aliphatic heterocycles. The van der Waals surface area contributed by atoms with E-state index in [0.717, 1.165) is 49.1 Å². The molecule has 1 aliphatic carbocycles. The van der Waals surface area contributed by atoms with Crippen LogP contribution in [0.15, 0.2) is 218 Å². The molecule has 0 radical (unpaired) electrons. The van der Waals surface area contributed by atoms with E-state index >= 15 is 0 Å². The standard InChI is InChI=1S/C65H42N4S/c1-65(2)51-26-14-13-24-48(51)49-32-28-43(37-52(49)65)62-63-53(38-58(70-63)41-18-5-3-6-19-41)66-64(67-62)69-54-33-31-42(36-50(54)59-45-22-11-9-16-39(45)29-34-56(59)69)47-25-15-27-55-61(47)60-46-23-12-10-17-40(46)30-35-57(60)68(55)44-20-7-4-8-21-44/h3-38H,1-2H3. The highest BCUT2D eigenvalue weighted by Crippen LogP contribution is 2.51. The summed E-state index contributed by atoms with van der Waals surface area (Å²) in [6, 6.07) is 80.0. The first kappa shape index (κ1) is 39.4. The predicted octanol–water partition coefficient (Wildman–Crippen LogP) is 17.5. The van der Waals surface area contributed by atoms with Crippen LogP contribution in [0.5, 0.6) is 0 Å². The minimum Gasteiger partial charge on any atom is -0.309 e. The summed E-state index contributed by atoms with van der Waals surface area (Å²) in [5, 5.41) is 9.74. The fourth-order valence-corrected chi connectivity index (χ4v) is 13.0. The summed E-state index contributed by atoms with van der Waals surface area (Å²) in [7, 11) is 0. The average molecular weight is 911 g/mol. The first-order chi connectivity index (χ1) is 34.5. The number of rotatable bonds is 5. The highest BCUT2D eigenvalue weighted by molar-refractivity contribution is 7.22. The second-order valence-corrected chi connectivity index (χ2v) is 20.3. The van der Waals surface area contributed by atoms with Crippen molar-refractivity contribution in [2.45, 2.75) is 19.3 Å². The van der Waals surface area contributed by atoms with Gasteiger partial charge in [-0.05, 0) is 115 Å². The summed E-state index contributed by atoms with van der Waals surface area (Å²) >= 11 is 1.77. The van der Waals surface area contributed by atoms with E-state index < -0.39 is 0 Å². The van der Waals surface area contributed by atoms with Crippen LogP contribution in [0, 0.1) is 0 Å². The van der Waals surface area contributed by atoms with Crippen molar-refractivity contribution in [3.63, 3.8) is 0 Å². The maximum absolute atomic E-state index is 5.70. The van der Waals surface area contributed by atoms with Crippen molar-refractivity contribution in [1.82, 2.24) is 19.1 Å². The van der Waals surface area contributed by atoms with Gasteiger partial charge in [-0.2, -0.15) is 0 Å². The van der Waals surface area contributed by atoms with Crippen molar-refractivity contribution in [3.05, 3.63) is 230 Å². The molecule has 0 bridgehead atoms. The molecule has 0 spiro atoms. The number of thiophene rings is 1. The first-order valence-corrected chi connectivity index (χ1v) is 24.9. The normalized spacial score (nSPS) is 13.1. The Morgan fingerprint density at radius 1 is 0.400 bits per heavy atom. The Morgan fingerprint density at radius 3 is 1.83 bits per heavy atom. The maximum Gasteiger partial charge on any atom is 0.235 e. The third-order valence-corrected chi connectivity index (χ3v) is 16.3. The van der Waals surface area contributed by atoms with Gasteiger partial charge in [0.15, 0.2) is 0 Å². The molecule has 5 heteroatoms. The lowest BCUT2D eigenvalue weighted by Gasteiger charge is -2.22. The largest absolute Gasteiger partial charge is 0.309 e. The van der Waals surface area contributed by atoms with Gasteiger partial charge in [-0.25, -0.2) is 9.97 Å². The Kier molecular flexibility index (Phi) is 8.26. The number of benzene rings is 10. The molecule has 4 heterocycles. The first-order valence-electron chi connectivity index (χ1n) is 24.1. The fourth-order valence-electron chi connectivity index (χ4n) is 11.9. The van der Waals surface area contributed by atoms with Gasteiger partial charge in [0.2, 0.25) is 5.95 Å². The van der Waals surface area contributed by atoms with Gasteiger partial charge < -0.3 is 4.57 Å². The smallest absolute Gasteiger partial charge is 0.235 e. The predicted molar refractivity (Wildman–Crippen MR) is 295 cm³/mol. The van der Waals surface area contributed by atoms with Crippen molar-refractivity contribution < 1.29 is 0 Å². The lowest BCUT2D eigenvalue weighted by Crippen LogP contribution is -2.15. The average Bonchev–Trinajstić information content (AvgIpc) is 4.16. The molecule has 0 amide bonds. The van der Waals surface area contributed by atoms with E-state index in [1.807, 2.05) is 0 Å². The SMILES string of the molecule is CC1(C)c2ccccc2-c2ccc(-c3nc(-n4c5ccc(-c6cccc7c6c6c8ccccc8ccc6n7-c6ccccc6)cc5c5c6ccccc6ccc54)nc4cc(-c5ccccc5)sc34)cc21. The van der Waals surface area contributed by atoms with E-state index in [2.05, 4.69) is 241 Å². The Bertz CT molecular complexity index is 4500. The summed E-state index contributed by atoms with van der Waals surface area (Å²) < 4.78 is 5.82. The molecule has 14 aromatic rings. The Labute approximate surface area is 408 Å². The molecule has 15 rings (SSSR count). The lowest BCUT2D eigenvalue weighted by atomic mass is 9.82. The van der Waals surface area contributed by atoms with E-state index in [4.69, 9.17) is 9.97 Å². The molecular formula is C65H42N4S. The summed E-state index contributed by atoms with van der Waals surface area (Å²) in [5.74, 6) is 0.658. The summed E-state index contributed by atoms with van der Waals surface area (Å²) in [5.41, 5.74) is 17.3.